The number of amides is 1. The highest BCUT2D eigenvalue weighted by molar-refractivity contribution is 6.30. The van der Waals surface area contributed by atoms with E-state index in [0.29, 0.717) is 16.5 Å². The molecular weight excluding hydrogens is 302 g/mol. The normalized spacial score (nSPS) is 10.5. The molecule has 110 valence electrons. The lowest BCUT2D eigenvalue weighted by Gasteiger charge is -2.06. The molecule has 0 radical (unpaired) electrons. The third-order valence-electron chi connectivity index (χ3n) is 3.11. The minimum atomic E-state index is -0.292. The van der Waals surface area contributed by atoms with Gasteiger partial charge >= 0.3 is 0 Å². The van der Waals surface area contributed by atoms with E-state index in [1.807, 2.05) is 12.1 Å². The quantitative estimate of drug-likeness (QED) is 0.807. The van der Waals surface area contributed by atoms with Gasteiger partial charge in [-0.1, -0.05) is 23.7 Å². The van der Waals surface area contributed by atoms with Gasteiger partial charge in [0, 0.05) is 30.0 Å². The Hall–Kier alpha value is -2.73. The Morgan fingerprint density at radius 2 is 1.95 bits per heavy atom. The van der Waals surface area contributed by atoms with Crippen LogP contribution in [0.15, 0.2) is 49.1 Å². The molecule has 3 aromatic rings. The zero-order valence-corrected chi connectivity index (χ0v) is 12.4. The second-order valence-corrected chi connectivity index (χ2v) is 5.07. The fourth-order valence-corrected chi connectivity index (χ4v) is 2.07. The summed E-state index contributed by atoms with van der Waals surface area (Å²) in [4.78, 5) is 20.3. The predicted molar refractivity (Wildman–Crippen MR) is 83.6 cm³/mol. The van der Waals surface area contributed by atoms with Crippen LogP contribution in [0.3, 0.4) is 0 Å². The standard InChI is InChI=1S/C15H12ClN5O/c1-21-15(18-9-19-21)20-14(22)12-6-11(7-17-8-12)10-2-4-13(16)5-3-10/h2-9H,1H3,(H,18,19,20,22). The fourth-order valence-electron chi connectivity index (χ4n) is 1.95. The van der Waals surface area contributed by atoms with E-state index < -0.39 is 0 Å². The molecule has 0 unspecified atom stereocenters. The van der Waals surface area contributed by atoms with Gasteiger partial charge in [0.2, 0.25) is 5.95 Å². The first-order valence-electron chi connectivity index (χ1n) is 6.50. The smallest absolute Gasteiger partial charge is 0.259 e. The van der Waals surface area contributed by atoms with Crippen LogP contribution < -0.4 is 5.32 Å². The summed E-state index contributed by atoms with van der Waals surface area (Å²) in [5, 5.41) is 7.24. The number of hydrogen-bond acceptors (Lipinski definition) is 4. The molecule has 0 saturated heterocycles. The Labute approximate surface area is 131 Å². The Morgan fingerprint density at radius 1 is 1.18 bits per heavy atom. The molecule has 0 fully saturated rings. The molecule has 0 aliphatic heterocycles. The number of rotatable bonds is 3. The largest absolute Gasteiger partial charge is 0.291 e. The van der Waals surface area contributed by atoms with Crippen LogP contribution in [0.4, 0.5) is 5.95 Å². The number of anilines is 1. The van der Waals surface area contributed by atoms with E-state index in [9.17, 15) is 4.79 Å². The number of nitrogens with zero attached hydrogens (tertiary/aromatic N) is 4. The van der Waals surface area contributed by atoms with Gasteiger partial charge in [-0.2, -0.15) is 10.1 Å². The SMILES string of the molecule is Cn1ncnc1NC(=O)c1cncc(-c2ccc(Cl)cc2)c1. The van der Waals surface area contributed by atoms with Crippen LogP contribution in [0, 0.1) is 0 Å². The molecule has 6 nitrogen and oxygen atoms in total. The number of aromatic nitrogens is 4. The van der Waals surface area contributed by atoms with Gasteiger partial charge in [0.25, 0.3) is 5.91 Å². The molecule has 3 rings (SSSR count). The topological polar surface area (TPSA) is 72.7 Å². The van der Waals surface area contributed by atoms with Crippen molar-refractivity contribution in [3.05, 3.63) is 59.6 Å². The predicted octanol–water partition coefficient (Wildman–Crippen LogP) is 2.78. The number of hydrogen-bond donors (Lipinski definition) is 1. The van der Waals surface area contributed by atoms with E-state index in [2.05, 4.69) is 20.4 Å². The molecule has 0 atom stereocenters. The molecule has 1 amide bonds. The van der Waals surface area contributed by atoms with Gasteiger partial charge in [-0.15, -0.1) is 0 Å². The second kappa shape index (κ2) is 5.95. The van der Waals surface area contributed by atoms with Gasteiger partial charge in [0.1, 0.15) is 6.33 Å². The van der Waals surface area contributed by atoms with Gasteiger partial charge in [0.05, 0.1) is 5.56 Å². The van der Waals surface area contributed by atoms with Crippen LogP contribution in [-0.2, 0) is 7.05 Å². The molecule has 22 heavy (non-hydrogen) atoms. The average molecular weight is 314 g/mol. The van der Waals surface area contributed by atoms with Crippen molar-refractivity contribution in [2.24, 2.45) is 7.05 Å². The molecule has 0 saturated carbocycles. The van der Waals surface area contributed by atoms with Crippen molar-refractivity contribution < 1.29 is 4.79 Å². The van der Waals surface area contributed by atoms with Crippen molar-refractivity contribution in [3.63, 3.8) is 0 Å². The van der Waals surface area contributed by atoms with Crippen molar-refractivity contribution in [3.8, 4) is 11.1 Å². The zero-order valence-electron chi connectivity index (χ0n) is 11.7. The Balaban J connectivity index is 1.86. The summed E-state index contributed by atoms with van der Waals surface area (Å²) in [5.74, 6) is 0.0845. The van der Waals surface area contributed by atoms with Gasteiger partial charge in [-0.3, -0.25) is 15.1 Å². The van der Waals surface area contributed by atoms with E-state index in [1.54, 1.807) is 31.4 Å². The highest BCUT2D eigenvalue weighted by Crippen LogP contribution is 2.21. The van der Waals surface area contributed by atoms with Gasteiger partial charge in [-0.25, -0.2) is 4.68 Å². The van der Waals surface area contributed by atoms with Crippen LogP contribution in [0.2, 0.25) is 5.02 Å². The summed E-state index contributed by atoms with van der Waals surface area (Å²) >= 11 is 5.88. The van der Waals surface area contributed by atoms with Crippen molar-refractivity contribution in [1.82, 2.24) is 19.7 Å². The molecule has 7 heteroatoms. The highest BCUT2D eigenvalue weighted by atomic mass is 35.5. The van der Waals surface area contributed by atoms with E-state index in [1.165, 1.54) is 17.2 Å². The lowest BCUT2D eigenvalue weighted by molar-refractivity contribution is 0.102. The summed E-state index contributed by atoms with van der Waals surface area (Å²) in [5.41, 5.74) is 2.21. The molecular formula is C15H12ClN5O. The van der Waals surface area contributed by atoms with Crippen LogP contribution >= 0.6 is 11.6 Å². The summed E-state index contributed by atoms with van der Waals surface area (Å²) in [7, 11) is 1.70. The van der Waals surface area contributed by atoms with Crippen LogP contribution in [0.1, 0.15) is 10.4 Å². The van der Waals surface area contributed by atoms with E-state index in [4.69, 9.17) is 11.6 Å². The lowest BCUT2D eigenvalue weighted by Crippen LogP contribution is -2.15. The number of carbonyl (C=O) groups excluding carboxylic acids is 1. The van der Waals surface area contributed by atoms with Crippen molar-refractivity contribution in [2.45, 2.75) is 0 Å². The molecule has 0 bridgehead atoms. The van der Waals surface area contributed by atoms with Gasteiger partial charge in [0.15, 0.2) is 0 Å². The average Bonchev–Trinajstić information content (AvgIpc) is 2.93. The zero-order chi connectivity index (χ0) is 15.5. The third kappa shape index (κ3) is 2.96. The first-order chi connectivity index (χ1) is 10.6. The Morgan fingerprint density at radius 3 is 2.64 bits per heavy atom. The Bertz CT molecular complexity index is 813. The summed E-state index contributed by atoms with van der Waals surface area (Å²) in [6.45, 7) is 0. The first kappa shape index (κ1) is 14.2. The van der Waals surface area contributed by atoms with Crippen LogP contribution in [0.25, 0.3) is 11.1 Å². The number of aryl methyl sites for hydroxylation is 1. The van der Waals surface area contributed by atoms with Gasteiger partial charge < -0.3 is 0 Å². The molecule has 0 spiro atoms. The lowest BCUT2D eigenvalue weighted by atomic mass is 10.1. The maximum atomic E-state index is 12.2. The molecule has 0 aliphatic rings. The van der Waals surface area contributed by atoms with E-state index in [0.717, 1.165) is 11.1 Å². The highest BCUT2D eigenvalue weighted by Gasteiger charge is 2.11. The number of benzene rings is 1. The minimum absolute atomic E-state index is 0.292. The molecule has 1 aromatic carbocycles. The van der Waals surface area contributed by atoms with Crippen molar-refractivity contribution in [2.75, 3.05) is 5.32 Å². The number of halogens is 1. The van der Waals surface area contributed by atoms with E-state index in [-0.39, 0.29) is 5.91 Å². The molecule has 1 N–H and O–H groups in total. The molecule has 0 aliphatic carbocycles. The van der Waals surface area contributed by atoms with E-state index >= 15 is 0 Å². The Kier molecular flexibility index (Phi) is 3.84. The fraction of sp³-hybridized carbons (Fsp3) is 0.0667. The number of nitrogens with one attached hydrogen (secondary N) is 1. The number of carbonyl (C=O) groups is 1. The van der Waals surface area contributed by atoms with Crippen molar-refractivity contribution >= 4 is 23.5 Å². The first-order valence-corrected chi connectivity index (χ1v) is 6.87. The summed E-state index contributed by atoms with van der Waals surface area (Å²) in [6, 6.07) is 9.11. The van der Waals surface area contributed by atoms with Crippen molar-refractivity contribution in [1.29, 1.82) is 0 Å². The van der Waals surface area contributed by atoms with Gasteiger partial charge in [-0.05, 0) is 23.8 Å². The molecule has 2 aromatic heterocycles. The number of pyridine rings is 1. The maximum Gasteiger partial charge on any atom is 0.259 e. The summed E-state index contributed by atoms with van der Waals surface area (Å²) in [6.07, 6.45) is 4.57. The summed E-state index contributed by atoms with van der Waals surface area (Å²) < 4.78 is 1.48. The van der Waals surface area contributed by atoms with Crippen LogP contribution in [-0.4, -0.2) is 25.7 Å². The second-order valence-electron chi connectivity index (χ2n) is 4.63. The monoisotopic (exact) mass is 313 g/mol. The minimum Gasteiger partial charge on any atom is -0.291 e. The maximum absolute atomic E-state index is 12.2. The molecule has 2 heterocycles. The third-order valence-corrected chi connectivity index (χ3v) is 3.37. The van der Waals surface area contributed by atoms with Crippen LogP contribution in [0.5, 0.6) is 0 Å².